The quantitative estimate of drug-likeness (QED) is 0.428. The molecule has 0 aliphatic heterocycles. The molecule has 0 aromatic carbocycles. The van der Waals surface area contributed by atoms with Crippen molar-refractivity contribution in [1.82, 2.24) is 10.6 Å². The van der Waals surface area contributed by atoms with E-state index in [4.69, 9.17) is 0 Å². The molecule has 0 aliphatic rings. The minimum absolute atomic E-state index is 0.646. The van der Waals surface area contributed by atoms with Crippen LogP contribution in [0, 0.1) is 0 Å². The van der Waals surface area contributed by atoms with Crippen molar-refractivity contribution in [3.8, 4) is 0 Å². The monoisotopic (exact) mass is 270 g/mol. The van der Waals surface area contributed by atoms with E-state index in [1.54, 1.807) is 0 Å². The Morgan fingerprint density at radius 2 is 1.05 bits per heavy atom. The summed E-state index contributed by atoms with van der Waals surface area (Å²) in [6.45, 7) is 10.1. The molecule has 0 heterocycles. The molecule has 2 heteroatoms. The van der Waals surface area contributed by atoms with E-state index in [1.165, 1.54) is 77.3 Å². The van der Waals surface area contributed by atoms with Gasteiger partial charge in [0.05, 0.1) is 0 Å². The summed E-state index contributed by atoms with van der Waals surface area (Å²) in [6.07, 6.45) is 14.2. The van der Waals surface area contributed by atoms with Crippen LogP contribution in [-0.2, 0) is 0 Å². The third-order valence-corrected chi connectivity index (χ3v) is 3.58. The van der Waals surface area contributed by atoms with Crippen molar-refractivity contribution in [1.29, 1.82) is 0 Å². The van der Waals surface area contributed by atoms with Crippen LogP contribution >= 0.6 is 0 Å². The van der Waals surface area contributed by atoms with Gasteiger partial charge in [-0.05, 0) is 32.5 Å². The predicted molar refractivity (Wildman–Crippen MR) is 87.9 cm³/mol. The van der Waals surface area contributed by atoms with Crippen LogP contribution in [0.5, 0.6) is 0 Å². The third-order valence-electron chi connectivity index (χ3n) is 3.58. The van der Waals surface area contributed by atoms with Crippen LogP contribution in [0.2, 0.25) is 0 Å². The highest BCUT2D eigenvalue weighted by molar-refractivity contribution is 4.54. The normalized spacial score (nSPS) is 11.4. The summed E-state index contributed by atoms with van der Waals surface area (Å²) >= 11 is 0. The number of unbranched alkanes of at least 4 members (excludes halogenated alkanes) is 9. The van der Waals surface area contributed by atoms with Crippen molar-refractivity contribution in [3.05, 3.63) is 0 Å². The molecular weight excluding hydrogens is 232 g/mol. The van der Waals surface area contributed by atoms with Crippen LogP contribution in [0.25, 0.3) is 0 Å². The molecule has 0 radical (unpaired) electrons. The van der Waals surface area contributed by atoms with Gasteiger partial charge in [0, 0.05) is 6.04 Å². The first-order chi connectivity index (χ1) is 9.27. The minimum atomic E-state index is 0.646. The Kier molecular flexibility index (Phi) is 15.9. The van der Waals surface area contributed by atoms with Gasteiger partial charge in [0.2, 0.25) is 0 Å². The highest BCUT2D eigenvalue weighted by Crippen LogP contribution is 2.10. The number of nitrogens with one attached hydrogen (secondary N) is 2. The van der Waals surface area contributed by atoms with Gasteiger partial charge < -0.3 is 10.6 Å². The maximum atomic E-state index is 3.48. The first kappa shape index (κ1) is 18.9. The topological polar surface area (TPSA) is 24.1 Å². The van der Waals surface area contributed by atoms with Gasteiger partial charge in [-0.1, -0.05) is 72.1 Å². The Bertz CT molecular complexity index is 157. The van der Waals surface area contributed by atoms with Gasteiger partial charge in [-0.2, -0.15) is 0 Å². The van der Waals surface area contributed by atoms with E-state index >= 15 is 0 Å². The fourth-order valence-electron chi connectivity index (χ4n) is 2.36. The number of hydrogen-bond donors (Lipinski definition) is 2. The molecule has 0 amide bonds. The average molecular weight is 271 g/mol. The van der Waals surface area contributed by atoms with Crippen molar-refractivity contribution in [2.24, 2.45) is 0 Å². The average Bonchev–Trinajstić information content (AvgIpc) is 2.39. The summed E-state index contributed by atoms with van der Waals surface area (Å²) in [4.78, 5) is 0. The first-order valence-electron chi connectivity index (χ1n) is 8.71. The Labute approximate surface area is 122 Å². The van der Waals surface area contributed by atoms with Gasteiger partial charge in [0.15, 0.2) is 0 Å². The summed E-state index contributed by atoms with van der Waals surface area (Å²) < 4.78 is 0. The summed E-state index contributed by atoms with van der Waals surface area (Å²) in [7, 11) is 0. The van der Waals surface area contributed by atoms with Crippen molar-refractivity contribution >= 4 is 0 Å². The Morgan fingerprint density at radius 1 is 0.632 bits per heavy atom. The molecule has 0 aromatic heterocycles. The van der Waals surface area contributed by atoms with E-state index in [9.17, 15) is 0 Å². The molecule has 0 spiro atoms. The molecule has 116 valence electrons. The molecule has 0 saturated carbocycles. The lowest BCUT2D eigenvalue weighted by Gasteiger charge is -2.07. The first-order valence-corrected chi connectivity index (χ1v) is 8.71. The Morgan fingerprint density at radius 3 is 1.47 bits per heavy atom. The zero-order chi connectivity index (χ0) is 14.2. The molecule has 0 aromatic rings. The summed E-state index contributed by atoms with van der Waals surface area (Å²) in [5.74, 6) is 0. The van der Waals surface area contributed by atoms with Crippen LogP contribution in [-0.4, -0.2) is 25.7 Å². The van der Waals surface area contributed by atoms with Gasteiger partial charge in [0.25, 0.3) is 0 Å². The molecule has 0 atom stereocenters. The molecule has 0 bridgehead atoms. The Hall–Kier alpha value is -0.0800. The highest BCUT2D eigenvalue weighted by Gasteiger charge is 1.94. The molecular formula is C17H38N2. The lowest BCUT2D eigenvalue weighted by atomic mass is 10.1. The molecule has 19 heavy (non-hydrogen) atoms. The van der Waals surface area contributed by atoms with E-state index in [0.29, 0.717) is 6.04 Å². The van der Waals surface area contributed by atoms with Crippen molar-refractivity contribution in [2.45, 2.75) is 91.0 Å². The van der Waals surface area contributed by atoms with Crippen molar-refractivity contribution in [3.63, 3.8) is 0 Å². The number of hydrogen-bond acceptors (Lipinski definition) is 2. The van der Waals surface area contributed by atoms with Crippen LogP contribution in [0.4, 0.5) is 0 Å². The maximum Gasteiger partial charge on any atom is 0.00103 e. The largest absolute Gasteiger partial charge is 0.317 e. The molecule has 0 fully saturated rings. The molecule has 0 rings (SSSR count). The van der Waals surface area contributed by atoms with E-state index in [1.807, 2.05) is 0 Å². The van der Waals surface area contributed by atoms with Crippen LogP contribution in [0.3, 0.4) is 0 Å². The lowest BCUT2D eigenvalue weighted by molar-refractivity contribution is 0.520. The second-order valence-electron chi connectivity index (χ2n) is 6.00. The van der Waals surface area contributed by atoms with Gasteiger partial charge in [0.1, 0.15) is 0 Å². The van der Waals surface area contributed by atoms with E-state index in [2.05, 4.69) is 31.4 Å². The van der Waals surface area contributed by atoms with Crippen LogP contribution < -0.4 is 10.6 Å². The summed E-state index contributed by atoms with van der Waals surface area (Å²) in [5.41, 5.74) is 0. The van der Waals surface area contributed by atoms with Crippen molar-refractivity contribution in [2.75, 3.05) is 19.6 Å². The fraction of sp³-hybridized carbons (Fsp3) is 1.00. The Balaban J connectivity index is 2.91. The van der Waals surface area contributed by atoms with Crippen LogP contribution in [0.15, 0.2) is 0 Å². The van der Waals surface area contributed by atoms with E-state index < -0.39 is 0 Å². The smallest absolute Gasteiger partial charge is 0.00103 e. The molecule has 2 N–H and O–H groups in total. The molecule has 2 nitrogen and oxygen atoms in total. The summed E-state index contributed by atoms with van der Waals surface area (Å²) in [6, 6.07) is 0.646. The fourth-order valence-corrected chi connectivity index (χ4v) is 2.36. The summed E-state index contributed by atoms with van der Waals surface area (Å²) in [5, 5.41) is 6.87. The lowest BCUT2D eigenvalue weighted by Crippen LogP contribution is -2.23. The molecule has 0 unspecified atom stereocenters. The minimum Gasteiger partial charge on any atom is -0.317 e. The van der Waals surface area contributed by atoms with E-state index in [-0.39, 0.29) is 0 Å². The third kappa shape index (κ3) is 17.9. The van der Waals surface area contributed by atoms with Gasteiger partial charge in [-0.25, -0.2) is 0 Å². The standard InChI is InChI=1S/C17H38N2/c1-4-18-15-13-11-9-7-5-6-8-10-12-14-16-19-17(2)3/h17-19H,4-16H2,1-3H3. The molecule has 0 saturated heterocycles. The van der Waals surface area contributed by atoms with Gasteiger partial charge in [-0.15, -0.1) is 0 Å². The van der Waals surface area contributed by atoms with Gasteiger partial charge in [-0.3, -0.25) is 0 Å². The maximum absolute atomic E-state index is 3.48. The second-order valence-corrected chi connectivity index (χ2v) is 6.00. The zero-order valence-corrected chi connectivity index (χ0v) is 13.8. The zero-order valence-electron chi connectivity index (χ0n) is 13.8. The molecule has 0 aliphatic carbocycles. The van der Waals surface area contributed by atoms with E-state index in [0.717, 1.165) is 6.54 Å². The van der Waals surface area contributed by atoms with Crippen LogP contribution in [0.1, 0.15) is 85.0 Å². The SMILES string of the molecule is CCNCCCCCCCCCCCCNC(C)C. The van der Waals surface area contributed by atoms with Gasteiger partial charge >= 0.3 is 0 Å². The predicted octanol–water partition coefficient (Wildman–Crippen LogP) is 4.49. The highest BCUT2D eigenvalue weighted by atomic mass is 14.9. The van der Waals surface area contributed by atoms with Crippen molar-refractivity contribution < 1.29 is 0 Å². The second kappa shape index (κ2) is 16.0. The number of rotatable bonds is 15.